The molecule has 98 valence electrons. The lowest BCUT2D eigenvalue weighted by Crippen LogP contribution is -2.20. The maximum absolute atomic E-state index is 10.7. The van der Waals surface area contributed by atoms with Gasteiger partial charge in [0.25, 0.3) is 0 Å². The van der Waals surface area contributed by atoms with E-state index < -0.39 is 0 Å². The lowest BCUT2D eigenvalue weighted by molar-refractivity contribution is 0.112. The Morgan fingerprint density at radius 2 is 2.00 bits per heavy atom. The molecular formula is C15H15ClN2O. The minimum Gasteiger partial charge on any atom is -0.373 e. The molecule has 2 aromatic rings. The molecule has 2 rings (SSSR count). The molecular weight excluding hydrogens is 260 g/mol. The molecule has 1 heterocycles. The van der Waals surface area contributed by atoms with Crippen LogP contribution in [0.3, 0.4) is 0 Å². The van der Waals surface area contributed by atoms with Gasteiger partial charge in [0.1, 0.15) is 6.29 Å². The van der Waals surface area contributed by atoms with Crippen LogP contribution >= 0.6 is 11.6 Å². The summed E-state index contributed by atoms with van der Waals surface area (Å²) in [6.45, 7) is 0.851. The van der Waals surface area contributed by atoms with Crippen molar-refractivity contribution in [3.63, 3.8) is 0 Å². The second-order valence-corrected chi connectivity index (χ2v) is 4.76. The third-order valence-corrected chi connectivity index (χ3v) is 3.31. The first-order chi connectivity index (χ1) is 9.20. The highest BCUT2D eigenvalue weighted by Gasteiger charge is 2.07. The number of carbonyl (C=O) groups excluding carboxylic acids is 1. The van der Waals surface area contributed by atoms with E-state index in [0.29, 0.717) is 10.6 Å². The number of carbonyl (C=O) groups is 1. The van der Waals surface area contributed by atoms with Crippen LogP contribution in [0.1, 0.15) is 15.9 Å². The smallest absolute Gasteiger partial charge is 0.150 e. The van der Waals surface area contributed by atoms with Crippen molar-refractivity contribution in [2.45, 2.75) is 6.42 Å². The summed E-state index contributed by atoms with van der Waals surface area (Å²) in [7, 11) is 1.99. The van der Waals surface area contributed by atoms with Gasteiger partial charge in [0.15, 0.2) is 0 Å². The summed E-state index contributed by atoms with van der Waals surface area (Å²) >= 11 is 6.17. The molecule has 0 aliphatic rings. The SMILES string of the molecule is CN(CCc1ccncc1)c1ccc(C=O)cc1Cl. The monoisotopic (exact) mass is 274 g/mol. The van der Waals surface area contributed by atoms with E-state index in [1.165, 1.54) is 5.56 Å². The molecule has 1 aromatic heterocycles. The maximum Gasteiger partial charge on any atom is 0.150 e. The van der Waals surface area contributed by atoms with E-state index in [1.54, 1.807) is 24.5 Å². The van der Waals surface area contributed by atoms with Gasteiger partial charge in [-0.05, 0) is 42.3 Å². The molecule has 0 N–H and O–H groups in total. The Kier molecular flexibility index (Phi) is 4.53. The van der Waals surface area contributed by atoms with Crippen LogP contribution in [0.15, 0.2) is 42.7 Å². The van der Waals surface area contributed by atoms with Crippen molar-refractivity contribution in [1.82, 2.24) is 4.98 Å². The van der Waals surface area contributed by atoms with E-state index in [9.17, 15) is 4.79 Å². The van der Waals surface area contributed by atoms with Gasteiger partial charge in [-0.2, -0.15) is 0 Å². The van der Waals surface area contributed by atoms with Crippen LogP contribution < -0.4 is 4.90 Å². The summed E-state index contributed by atoms with van der Waals surface area (Å²) < 4.78 is 0. The van der Waals surface area contributed by atoms with E-state index >= 15 is 0 Å². The quantitative estimate of drug-likeness (QED) is 0.785. The van der Waals surface area contributed by atoms with Crippen molar-refractivity contribution >= 4 is 23.6 Å². The molecule has 19 heavy (non-hydrogen) atoms. The van der Waals surface area contributed by atoms with Gasteiger partial charge in [0.2, 0.25) is 0 Å². The van der Waals surface area contributed by atoms with Crippen LogP contribution in [0, 0.1) is 0 Å². The summed E-state index contributed by atoms with van der Waals surface area (Å²) in [4.78, 5) is 16.7. The Balaban J connectivity index is 2.04. The van der Waals surface area contributed by atoms with Crippen LogP contribution in [0.25, 0.3) is 0 Å². The number of hydrogen-bond donors (Lipinski definition) is 0. The highest BCUT2D eigenvalue weighted by molar-refractivity contribution is 6.33. The standard InChI is InChI=1S/C15H15ClN2O/c1-18(9-6-12-4-7-17-8-5-12)15-3-2-13(11-19)10-14(15)16/h2-5,7-8,10-11H,6,9H2,1H3. The van der Waals surface area contributed by atoms with Gasteiger partial charge in [-0.15, -0.1) is 0 Å². The van der Waals surface area contributed by atoms with E-state index in [1.807, 2.05) is 25.2 Å². The van der Waals surface area contributed by atoms with Crippen LogP contribution in [-0.2, 0) is 6.42 Å². The van der Waals surface area contributed by atoms with Crippen molar-refractivity contribution in [3.05, 3.63) is 58.9 Å². The fraction of sp³-hybridized carbons (Fsp3) is 0.200. The third-order valence-electron chi connectivity index (χ3n) is 3.00. The molecule has 3 nitrogen and oxygen atoms in total. The number of benzene rings is 1. The predicted octanol–water partition coefficient (Wildman–Crippen LogP) is 3.23. The van der Waals surface area contributed by atoms with Gasteiger partial charge < -0.3 is 4.90 Å². The Bertz CT molecular complexity index is 557. The molecule has 0 spiro atoms. The van der Waals surface area contributed by atoms with Crippen molar-refractivity contribution < 1.29 is 4.79 Å². The lowest BCUT2D eigenvalue weighted by atomic mass is 10.1. The van der Waals surface area contributed by atoms with Crippen LogP contribution in [0.4, 0.5) is 5.69 Å². The lowest BCUT2D eigenvalue weighted by Gasteiger charge is -2.20. The number of aldehydes is 1. The number of pyridine rings is 1. The fourth-order valence-corrected chi connectivity index (χ4v) is 2.21. The number of anilines is 1. The predicted molar refractivity (Wildman–Crippen MR) is 78.1 cm³/mol. The average Bonchev–Trinajstić information content (AvgIpc) is 2.45. The molecule has 0 bridgehead atoms. The molecule has 0 unspecified atom stereocenters. The molecule has 0 radical (unpaired) electrons. The Morgan fingerprint density at radius 1 is 1.26 bits per heavy atom. The fourth-order valence-electron chi connectivity index (χ4n) is 1.87. The minimum atomic E-state index is 0.594. The molecule has 4 heteroatoms. The van der Waals surface area contributed by atoms with Gasteiger partial charge in [-0.3, -0.25) is 9.78 Å². The maximum atomic E-state index is 10.7. The third kappa shape index (κ3) is 3.55. The first-order valence-corrected chi connectivity index (χ1v) is 6.43. The first kappa shape index (κ1) is 13.6. The summed E-state index contributed by atoms with van der Waals surface area (Å²) in [5, 5.41) is 0.599. The number of aromatic nitrogens is 1. The zero-order valence-electron chi connectivity index (χ0n) is 10.7. The normalized spacial score (nSPS) is 10.2. The summed E-state index contributed by atoms with van der Waals surface area (Å²) in [5.74, 6) is 0. The Hall–Kier alpha value is -1.87. The zero-order valence-corrected chi connectivity index (χ0v) is 11.5. The van der Waals surface area contributed by atoms with E-state index in [4.69, 9.17) is 11.6 Å². The molecule has 0 amide bonds. The number of hydrogen-bond acceptors (Lipinski definition) is 3. The largest absolute Gasteiger partial charge is 0.373 e. The number of likely N-dealkylation sites (N-methyl/N-ethyl adjacent to an activating group) is 1. The second kappa shape index (κ2) is 6.34. The molecule has 0 aliphatic heterocycles. The topological polar surface area (TPSA) is 33.2 Å². The molecule has 0 fully saturated rings. The van der Waals surface area contributed by atoms with Crippen molar-refractivity contribution in [1.29, 1.82) is 0 Å². The Labute approximate surface area is 117 Å². The summed E-state index contributed by atoms with van der Waals surface area (Å²) in [5.41, 5.74) is 2.76. The van der Waals surface area contributed by atoms with Crippen LogP contribution in [0.5, 0.6) is 0 Å². The van der Waals surface area contributed by atoms with Crippen molar-refractivity contribution in [2.24, 2.45) is 0 Å². The number of halogens is 1. The molecule has 0 aliphatic carbocycles. The molecule has 0 saturated carbocycles. The van der Waals surface area contributed by atoms with E-state index in [0.717, 1.165) is 24.9 Å². The van der Waals surface area contributed by atoms with Gasteiger partial charge in [-0.1, -0.05) is 11.6 Å². The first-order valence-electron chi connectivity index (χ1n) is 6.05. The van der Waals surface area contributed by atoms with Gasteiger partial charge in [0.05, 0.1) is 10.7 Å². The number of nitrogens with zero attached hydrogens (tertiary/aromatic N) is 2. The average molecular weight is 275 g/mol. The second-order valence-electron chi connectivity index (χ2n) is 4.36. The van der Waals surface area contributed by atoms with E-state index in [2.05, 4.69) is 9.88 Å². The van der Waals surface area contributed by atoms with E-state index in [-0.39, 0.29) is 0 Å². The molecule has 1 aromatic carbocycles. The van der Waals surface area contributed by atoms with Crippen LogP contribution in [-0.4, -0.2) is 24.9 Å². The highest BCUT2D eigenvalue weighted by Crippen LogP contribution is 2.25. The summed E-state index contributed by atoms with van der Waals surface area (Å²) in [6, 6.07) is 9.35. The van der Waals surface area contributed by atoms with Gasteiger partial charge in [0, 0.05) is 31.5 Å². The highest BCUT2D eigenvalue weighted by atomic mass is 35.5. The zero-order chi connectivity index (χ0) is 13.7. The van der Waals surface area contributed by atoms with Crippen LogP contribution in [0.2, 0.25) is 5.02 Å². The molecule has 0 saturated heterocycles. The minimum absolute atomic E-state index is 0.594. The Morgan fingerprint density at radius 3 is 2.63 bits per heavy atom. The van der Waals surface area contributed by atoms with Gasteiger partial charge >= 0.3 is 0 Å². The van der Waals surface area contributed by atoms with Gasteiger partial charge in [-0.25, -0.2) is 0 Å². The molecule has 0 atom stereocenters. The number of rotatable bonds is 5. The van der Waals surface area contributed by atoms with Crippen molar-refractivity contribution in [3.8, 4) is 0 Å². The summed E-state index contributed by atoms with van der Waals surface area (Å²) in [6.07, 6.45) is 5.31. The van der Waals surface area contributed by atoms with Crippen molar-refractivity contribution in [2.75, 3.05) is 18.5 Å².